The molecule has 0 saturated heterocycles. The highest BCUT2D eigenvalue weighted by Crippen LogP contribution is 2.21. The first-order valence-electron chi connectivity index (χ1n) is 5.77. The van der Waals surface area contributed by atoms with E-state index in [2.05, 4.69) is 26.1 Å². The molecule has 0 bridgehead atoms. The van der Waals surface area contributed by atoms with E-state index in [1.807, 2.05) is 27.7 Å². The predicted molar refractivity (Wildman–Crippen MR) is 76.7 cm³/mol. The SMILES string of the molecule is Cc1nn(CC(=O)n2nc(C)c(Br)c2C)c(C)c1Cl. The molecule has 0 fully saturated rings. The molecule has 0 aliphatic heterocycles. The molecule has 19 heavy (non-hydrogen) atoms. The molecule has 0 N–H and O–H groups in total. The van der Waals surface area contributed by atoms with Crippen LogP contribution in [0, 0.1) is 27.7 Å². The van der Waals surface area contributed by atoms with Crippen molar-refractivity contribution in [2.45, 2.75) is 34.2 Å². The molecule has 0 saturated carbocycles. The minimum atomic E-state index is -0.145. The van der Waals surface area contributed by atoms with Gasteiger partial charge in [-0.1, -0.05) is 11.6 Å². The first-order chi connectivity index (χ1) is 8.82. The van der Waals surface area contributed by atoms with E-state index in [0.29, 0.717) is 5.02 Å². The second kappa shape index (κ2) is 5.09. The monoisotopic (exact) mass is 344 g/mol. The largest absolute Gasteiger partial charge is 0.270 e. The number of carbonyl (C=O) groups excluding carboxylic acids is 1. The molecule has 2 heterocycles. The molecule has 0 aliphatic rings. The van der Waals surface area contributed by atoms with Gasteiger partial charge in [-0.2, -0.15) is 10.2 Å². The summed E-state index contributed by atoms with van der Waals surface area (Å²) in [5.74, 6) is -0.145. The minimum Gasteiger partial charge on any atom is -0.270 e. The Bertz CT molecular complexity index is 659. The quantitative estimate of drug-likeness (QED) is 0.840. The Hall–Kier alpha value is -1.14. The highest BCUT2D eigenvalue weighted by Gasteiger charge is 2.17. The van der Waals surface area contributed by atoms with Crippen LogP contribution in [0.5, 0.6) is 0 Å². The summed E-state index contributed by atoms with van der Waals surface area (Å²) in [4.78, 5) is 12.2. The van der Waals surface area contributed by atoms with Crippen molar-refractivity contribution in [1.29, 1.82) is 0 Å². The number of hydrogen-bond acceptors (Lipinski definition) is 3. The summed E-state index contributed by atoms with van der Waals surface area (Å²) in [5, 5.41) is 9.06. The maximum Gasteiger partial charge on any atom is 0.268 e. The fourth-order valence-corrected chi connectivity index (χ4v) is 2.27. The maximum atomic E-state index is 12.2. The van der Waals surface area contributed by atoms with Crippen LogP contribution in [0.2, 0.25) is 5.02 Å². The van der Waals surface area contributed by atoms with E-state index in [0.717, 1.165) is 27.2 Å². The lowest BCUT2D eigenvalue weighted by molar-refractivity contribution is 0.0866. The van der Waals surface area contributed by atoms with E-state index >= 15 is 0 Å². The number of rotatable bonds is 2. The summed E-state index contributed by atoms with van der Waals surface area (Å²) < 4.78 is 3.85. The summed E-state index contributed by atoms with van der Waals surface area (Å²) in [6.45, 7) is 7.47. The zero-order chi connectivity index (χ0) is 14.3. The predicted octanol–water partition coefficient (Wildman–Crippen LogP) is 3.07. The molecule has 5 nitrogen and oxygen atoms in total. The van der Waals surface area contributed by atoms with Crippen LogP contribution in [0.3, 0.4) is 0 Å². The lowest BCUT2D eigenvalue weighted by atomic mass is 10.4. The van der Waals surface area contributed by atoms with E-state index in [9.17, 15) is 4.79 Å². The van der Waals surface area contributed by atoms with Crippen molar-refractivity contribution in [1.82, 2.24) is 19.6 Å². The van der Waals surface area contributed by atoms with Crippen molar-refractivity contribution in [3.63, 3.8) is 0 Å². The third kappa shape index (κ3) is 2.47. The van der Waals surface area contributed by atoms with Crippen LogP contribution < -0.4 is 0 Å². The Balaban J connectivity index is 2.31. The van der Waals surface area contributed by atoms with Crippen molar-refractivity contribution in [3.8, 4) is 0 Å². The third-order valence-corrected chi connectivity index (χ3v) is 4.71. The van der Waals surface area contributed by atoms with Crippen LogP contribution in [-0.4, -0.2) is 25.5 Å². The van der Waals surface area contributed by atoms with Gasteiger partial charge in [-0.15, -0.1) is 0 Å². The van der Waals surface area contributed by atoms with Gasteiger partial charge in [0.15, 0.2) is 0 Å². The Kier molecular flexibility index (Phi) is 3.82. The zero-order valence-corrected chi connectivity index (χ0v) is 13.5. The summed E-state index contributed by atoms with van der Waals surface area (Å²) in [6, 6.07) is 0. The Morgan fingerprint density at radius 1 is 1.16 bits per heavy atom. The molecule has 0 atom stereocenters. The van der Waals surface area contributed by atoms with Gasteiger partial charge in [-0.3, -0.25) is 9.48 Å². The molecular weight excluding hydrogens is 332 g/mol. The average molecular weight is 346 g/mol. The third-order valence-electron chi connectivity index (χ3n) is 3.02. The highest BCUT2D eigenvalue weighted by molar-refractivity contribution is 9.10. The van der Waals surface area contributed by atoms with E-state index in [1.165, 1.54) is 4.68 Å². The van der Waals surface area contributed by atoms with Crippen molar-refractivity contribution in [3.05, 3.63) is 32.3 Å². The first-order valence-corrected chi connectivity index (χ1v) is 6.94. The summed E-state index contributed by atoms with van der Waals surface area (Å²) in [6.07, 6.45) is 0. The van der Waals surface area contributed by atoms with Gasteiger partial charge in [0.2, 0.25) is 0 Å². The van der Waals surface area contributed by atoms with Crippen molar-refractivity contribution >= 4 is 33.4 Å². The molecule has 7 heteroatoms. The topological polar surface area (TPSA) is 52.7 Å². The lowest BCUT2D eigenvalue weighted by Crippen LogP contribution is -2.21. The van der Waals surface area contributed by atoms with Gasteiger partial charge in [0.25, 0.3) is 5.91 Å². The van der Waals surface area contributed by atoms with E-state index in [-0.39, 0.29) is 12.5 Å². The van der Waals surface area contributed by atoms with E-state index in [4.69, 9.17) is 11.6 Å². The maximum absolute atomic E-state index is 12.2. The lowest BCUT2D eigenvalue weighted by Gasteiger charge is -2.05. The number of aryl methyl sites for hydroxylation is 2. The van der Waals surface area contributed by atoms with Gasteiger partial charge >= 0.3 is 0 Å². The molecule has 0 unspecified atom stereocenters. The summed E-state index contributed by atoms with van der Waals surface area (Å²) >= 11 is 9.47. The smallest absolute Gasteiger partial charge is 0.268 e. The van der Waals surface area contributed by atoms with Crippen molar-refractivity contribution < 1.29 is 4.79 Å². The molecule has 0 radical (unpaired) electrons. The number of aromatic nitrogens is 4. The Labute approximate surface area is 124 Å². The zero-order valence-electron chi connectivity index (χ0n) is 11.2. The first kappa shape index (κ1) is 14.3. The van der Waals surface area contributed by atoms with Gasteiger partial charge in [-0.05, 0) is 43.6 Å². The fraction of sp³-hybridized carbons (Fsp3) is 0.417. The second-order valence-corrected chi connectivity index (χ2v) is 5.60. The molecular formula is C12H14BrClN4O. The number of hydrogen-bond donors (Lipinski definition) is 0. The van der Waals surface area contributed by atoms with E-state index in [1.54, 1.807) is 4.68 Å². The van der Waals surface area contributed by atoms with Crippen molar-refractivity contribution in [2.75, 3.05) is 0 Å². The van der Waals surface area contributed by atoms with Gasteiger partial charge < -0.3 is 0 Å². The van der Waals surface area contributed by atoms with E-state index < -0.39 is 0 Å². The van der Waals surface area contributed by atoms with Gasteiger partial charge in [0.05, 0.1) is 32.3 Å². The van der Waals surface area contributed by atoms with Crippen LogP contribution in [0.1, 0.15) is 27.6 Å². The van der Waals surface area contributed by atoms with Crippen LogP contribution >= 0.6 is 27.5 Å². The molecule has 0 spiro atoms. The molecule has 0 aliphatic carbocycles. The fourth-order valence-electron chi connectivity index (χ4n) is 1.89. The Morgan fingerprint density at radius 2 is 1.79 bits per heavy atom. The molecule has 0 aromatic carbocycles. The van der Waals surface area contributed by atoms with Crippen LogP contribution in [0.4, 0.5) is 0 Å². The number of carbonyl (C=O) groups is 1. The minimum absolute atomic E-state index is 0.119. The van der Waals surface area contributed by atoms with Crippen LogP contribution in [-0.2, 0) is 6.54 Å². The van der Waals surface area contributed by atoms with Crippen molar-refractivity contribution in [2.24, 2.45) is 0 Å². The van der Waals surface area contributed by atoms with Gasteiger partial charge in [0, 0.05) is 0 Å². The second-order valence-electron chi connectivity index (χ2n) is 4.43. The molecule has 0 amide bonds. The number of nitrogens with zero attached hydrogens (tertiary/aromatic N) is 4. The summed E-state index contributed by atoms with van der Waals surface area (Å²) in [7, 11) is 0. The highest BCUT2D eigenvalue weighted by atomic mass is 79.9. The standard InChI is InChI=1S/C12H14BrClN4O/c1-6-11(13)8(3)18(16-6)10(19)5-17-9(4)12(14)7(2)15-17/h5H2,1-4H3. The molecule has 2 rings (SSSR count). The van der Waals surface area contributed by atoms with Gasteiger partial charge in [-0.25, -0.2) is 4.68 Å². The summed E-state index contributed by atoms with van der Waals surface area (Å²) in [5.41, 5.74) is 3.09. The number of halogens is 2. The van der Waals surface area contributed by atoms with Crippen LogP contribution in [0.15, 0.2) is 4.47 Å². The molecule has 2 aromatic heterocycles. The van der Waals surface area contributed by atoms with Gasteiger partial charge in [0.1, 0.15) is 6.54 Å². The average Bonchev–Trinajstić information content (AvgIpc) is 2.75. The Morgan fingerprint density at radius 3 is 2.21 bits per heavy atom. The van der Waals surface area contributed by atoms with Crippen LogP contribution in [0.25, 0.3) is 0 Å². The normalized spacial score (nSPS) is 11.1. The molecule has 102 valence electrons. The molecule has 2 aromatic rings.